The van der Waals surface area contributed by atoms with Gasteiger partial charge in [0.15, 0.2) is 0 Å². The number of rotatable bonds is 3. The fourth-order valence-electron chi connectivity index (χ4n) is 2.58. The van der Waals surface area contributed by atoms with E-state index in [1.54, 1.807) is 17.1 Å². The normalized spacial score (nSPS) is 18.0. The molecule has 1 unspecified atom stereocenters. The van der Waals surface area contributed by atoms with Gasteiger partial charge in [-0.3, -0.25) is 10.0 Å². The van der Waals surface area contributed by atoms with Crippen LogP contribution in [0.1, 0.15) is 22.7 Å². The minimum absolute atomic E-state index is 0.0744. The van der Waals surface area contributed by atoms with E-state index in [9.17, 15) is 4.39 Å². The Hall–Kier alpha value is -2.20. The molecule has 0 spiro atoms. The topological polar surface area (TPSA) is 41.6 Å². The van der Waals surface area contributed by atoms with E-state index in [1.165, 1.54) is 23.3 Å². The summed E-state index contributed by atoms with van der Waals surface area (Å²) in [5.41, 5.74) is 3.41. The van der Waals surface area contributed by atoms with Crippen LogP contribution < -0.4 is 5.84 Å². The number of aliphatic imine (C=N–C) groups is 1. The van der Waals surface area contributed by atoms with Crippen LogP contribution in [-0.4, -0.2) is 17.4 Å². The van der Waals surface area contributed by atoms with E-state index in [0.717, 1.165) is 11.4 Å². The predicted octanol–water partition coefficient (Wildman–Crippen LogP) is 3.01. The van der Waals surface area contributed by atoms with Gasteiger partial charge in [-0.1, -0.05) is 42.0 Å². The average molecular weight is 283 g/mol. The van der Waals surface area contributed by atoms with Crippen LogP contribution in [0.3, 0.4) is 0 Å². The smallest absolute Gasteiger partial charge is 0.123 e. The number of amidine groups is 1. The maximum absolute atomic E-state index is 12.9. The van der Waals surface area contributed by atoms with Crippen LogP contribution >= 0.6 is 0 Å². The SMILES string of the molecule is Cc1cccc(C2CN(N)C(Cc3ccc(F)cc3)=N2)c1. The molecule has 0 radical (unpaired) electrons. The van der Waals surface area contributed by atoms with E-state index < -0.39 is 0 Å². The molecule has 1 aliphatic rings. The third-order valence-corrected chi connectivity index (χ3v) is 3.71. The lowest BCUT2D eigenvalue weighted by Gasteiger charge is -2.14. The summed E-state index contributed by atoms with van der Waals surface area (Å²) in [4.78, 5) is 4.72. The van der Waals surface area contributed by atoms with Gasteiger partial charge in [-0.2, -0.15) is 0 Å². The molecule has 0 bridgehead atoms. The Morgan fingerprint density at radius 1 is 1.24 bits per heavy atom. The molecule has 0 fully saturated rings. The number of benzene rings is 2. The molecule has 2 aromatic rings. The van der Waals surface area contributed by atoms with Gasteiger partial charge < -0.3 is 0 Å². The zero-order chi connectivity index (χ0) is 14.8. The van der Waals surface area contributed by atoms with Gasteiger partial charge in [0.1, 0.15) is 11.7 Å². The molecule has 0 aromatic heterocycles. The fourth-order valence-corrected chi connectivity index (χ4v) is 2.58. The summed E-state index contributed by atoms with van der Waals surface area (Å²) in [7, 11) is 0. The van der Waals surface area contributed by atoms with Crippen LogP contribution in [0.2, 0.25) is 0 Å². The summed E-state index contributed by atoms with van der Waals surface area (Å²) in [6, 6.07) is 14.9. The number of aryl methyl sites for hydroxylation is 1. The summed E-state index contributed by atoms with van der Waals surface area (Å²) in [6.45, 7) is 2.75. The molecule has 2 aromatic carbocycles. The Kier molecular flexibility index (Phi) is 3.71. The van der Waals surface area contributed by atoms with Crippen molar-refractivity contribution in [1.82, 2.24) is 5.01 Å². The summed E-state index contributed by atoms with van der Waals surface area (Å²) < 4.78 is 12.9. The highest BCUT2D eigenvalue weighted by Crippen LogP contribution is 2.25. The summed E-state index contributed by atoms with van der Waals surface area (Å²) >= 11 is 0. The van der Waals surface area contributed by atoms with Gasteiger partial charge in [-0.05, 0) is 30.2 Å². The van der Waals surface area contributed by atoms with Crippen LogP contribution in [0.25, 0.3) is 0 Å². The molecule has 2 N–H and O–H groups in total. The first-order chi connectivity index (χ1) is 10.1. The zero-order valence-corrected chi connectivity index (χ0v) is 12.0. The minimum atomic E-state index is -0.227. The monoisotopic (exact) mass is 283 g/mol. The Morgan fingerprint density at radius 3 is 2.71 bits per heavy atom. The molecule has 0 saturated heterocycles. The third-order valence-electron chi connectivity index (χ3n) is 3.71. The fraction of sp³-hybridized carbons (Fsp3) is 0.235. The van der Waals surface area contributed by atoms with Gasteiger partial charge in [-0.25, -0.2) is 10.2 Å². The van der Waals surface area contributed by atoms with E-state index in [0.29, 0.717) is 13.0 Å². The number of nitrogens with zero attached hydrogens (tertiary/aromatic N) is 2. The second-order valence-corrected chi connectivity index (χ2v) is 5.43. The van der Waals surface area contributed by atoms with Gasteiger partial charge in [0, 0.05) is 6.42 Å². The van der Waals surface area contributed by atoms with Gasteiger partial charge in [-0.15, -0.1) is 0 Å². The Balaban J connectivity index is 1.79. The lowest BCUT2D eigenvalue weighted by molar-refractivity contribution is 0.443. The van der Waals surface area contributed by atoms with Crippen LogP contribution in [0.5, 0.6) is 0 Å². The van der Waals surface area contributed by atoms with E-state index in [2.05, 4.69) is 25.1 Å². The lowest BCUT2D eigenvalue weighted by atomic mass is 10.1. The Morgan fingerprint density at radius 2 is 2.00 bits per heavy atom. The first-order valence-electron chi connectivity index (χ1n) is 7.02. The highest BCUT2D eigenvalue weighted by Gasteiger charge is 2.24. The van der Waals surface area contributed by atoms with Crippen molar-refractivity contribution >= 4 is 5.84 Å². The van der Waals surface area contributed by atoms with Crippen LogP contribution in [-0.2, 0) is 6.42 Å². The molecule has 0 amide bonds. The van der Waals surface area contributed by atoms with Crippen molar-refractivity contribution in [1.29, 1.82) is 0 Å². The number of hydrazine groups is 1. The second-order valence-electron chi connectivity index (χ2n) is 5.43. The Labute approximate surface area is 123 Å². The van der Waals surface area contributed by atoms with Crippen molar-refractivity contribution in [3.8, 4) is 0 Å². The molecule has 1 atom stereocenters. The van der Waals surface area contributed by atoms with Crippen LogP contribution in [0.15, 0.2) is 53.5 Å². The zero-order valence-electron chi connectivity index (χ0n) is 12.0. The van der Waals surface area contributed by atoms with E-state index in [-0.39, 0.29) is 11.9 Å². The summed E-state index contributed by atoms with van der Waals surface area (Å²) in [6.07, 6.45) is 0.624. The van der Waals surface area contributed by atoms with E-state index >= 15 is 0 Å². The van der Waals surface area contributed by atoms with Gasteiger partial charge in [0.05, 0.1) is 12.6 Å². The number of hydrogen-bond acceptors (Lipinski definition) is 3. The van der Waals surface area contributed by atoms with Gasteiger partial charge in [0.25, 0.3) is 0 Å². The maximum Gasteiger partial charge on any atom is 0.123 e. The molecule has 3 rings (SSSR count). The van der Waals surface area contributed by atoms with Crippen LogP contribution in [0, 0.1) is 12.7 Å². The Bertz CT molecular complexity index is 664. The van der Waals surface area contributed by atoms with Crippen molar-refractivity contribution in [2.45, 2.75) is 19.4 Å². The van der Waals surface area contributed by atoms with E-state index in [1.807, 2.05) is 6.07 Å². The minimum Gasteiger partial charge on any atom is -0.296 e. The van der Waals surface area contributed by atoms with Crippen LogP contribution in [0.4, 0.5) is 4.39 Å². The van der Waals surface area contributed by atoms with Crippen molar-refractivity contribution in [3.63, 3.8) is 0 Å². The highest BCUT2D eigenvalue weighted by molar-refractivity contribution is 5.85. The van der Waals surface area contributed by atoms with Crippen molar-refractivity contribution in [2.75, 3.05) is 6.54 Å². The highest BCUT2D eigenvalue weighted by atomic mass is 19.1. The average Bonchev–Trinajstić information content (AvgIpc) is 2.83. The molecule has 0 aliphatic carbocycles. The van der Waals surface area contributed by atoms with Gasteiger partial charge >= 0.3 is 0 Å². The third kappa shape index (κ3) is 3.11. The molecule has 21 heavy (non-hydrogen) atoms. The molecular weight excluding hydrogens is 265 g/mol. The maximum atomic E-state index is 12.9. The number of nitrogens with two attached hydrogens (primary N) is 1. The quantitative estimate of drug-likeness (QED) is 0.880. The largest absolute Gasteiger partial charge is 0.296 e. The number of hydrogen-bond donors (Lipinski definition) is 1. The van der Waals surface area contributed by atoms with E-state index in [4.69, 9.17) is 10.8 Å². The first-order valence-corrected chi connectivity index (χ1v) is 7.02. The summed E-state index contributed by atoms with van der Waals surface area (Å²) in [5.74, 6) is 6.66. The van der Waals surface area contributed by atoms with Crippen molar-refractivity contribution < 1.29 is 4.39 Å². The molecule has 0 saturated carbocycles. The standard InChI is InChI=1S/C17H18FN3/c1-12-3-2-4-14(9-12)16-11-21(19)17(20-16)10-13-5-7-15(18)8-6-13/h2-9,16H,10-11,19H2,1H3. The molecule has 108 valence electrons. The molecular formula is C17H18FN3. The molecule has 3 nitrogen and oxygen atoms in total. The molecule has 1 heterocycles. The second kappa shape index (κ2) is 5.66. The molecule has 4 heteroatoms. The first kappa shape index (κ1) is 13.8. The van der Waals surface area contributed by atoms with Gasteiger partial charge in [0.2, 0.25) is 0 Å². The number of halogens is 1. The lowest BCUT2D eigenvalue weighted by Crippen LogP contribution is -2.35. The predicted molar refractivity (Wildman–Crippen MR) is 82.4 cm³/mol. The van der Waals surface area contributed by atoms with Crippen molar-refractivity contribution in [3.05, 3.63) is 71.0 Å². The molecule has 1 aliphatic heterocycles. The van der Waals surface area contributed by atoms with Crippen molar-refractivity contribution in [2.24, 2.45) is 10.8 Å². The summed E-state index contributed by atoms with van der Waals surface area (Å²) in [5, 5.41) is 1.69.